The van der Waals surface area contributed by atoms with Gasteiger partial charge in [0.15, 0.2) is 16.0 Å². The van der Waals surface area contributed by atoms with E-state index < -0.39 is 11.9 Å². The number of anilines is 1. The number of fused-ring (bicyclic) bond motifs is 1. The minimum atomic E-state index is -4.59. The van der Waals surface area contributed by atoms with Gasteiger partial charge >= 0.3 is 6.18 Å². The normalized spacial score (nSPS) is 13.3. The van der Waals surface area contributed by atoms with Gasteiger partial charge in [-0.25, -0.2) is 15.0 Å². The molecule has 2 N–H and O–H groups in total. The minimum Gasteiger partial charge on any atom is -0.384 e. The summed E-state index contributed by atoms with van der Waals surface area (Å²) in [5, 5.41) is 0.949. The molecule has 10 heteroatoms. The average molecular weight is 416 g/mol. The van der Waals surface area contributed by atoms with E-state index in [2.05, 4.69) is 15.0 Å². The van der Waals surface area contributed by atoms with Crippen LogP contribution in [-0.4, -0.2) is 19.5 Å². The number of aromatic nitrogens is 4. The molecule has 27 heavy (non-hydrogen) atoms. The van der Waals surface area contributed by atoms with Crippen LogP contribution in [0.2, 0.25) is 5.15 Å². The summed E-state index contributed by atoms with van der Waals surface area (Å²) in [6, 6.07) is 2.63. The second-order valence-corrected chi connectivity index (χ2v) is 7.74. The molecular weight excluding hydrogens is 399 g/mol. The molecule has 0 aliphatic rings. The lowest BCUT2D eigenvalue weighted by Crippen LogP contribution is -2.11. The lowest BCUT2D eigenvalue weighted by molar-refractivity contribution is -0.141. The Morgan fingerprint density at radius 3 is 2.59 bits per heavy atom. The summed E-state index contributed by atoms with van der Waals surface area (Å²) in [5.41, 5.74) is 7.02. The first kappa shape index (κ1) is 19.8. The summed E-state index contributed by atoms with van der Waals surface area (Å²) in [5.74, 6) is -0.232. The first-order valence-corrected chi connectivity index (χ1v) is 9.38. The molecule has 0 spiro atoms. The average Bonchev–Trinajstić information content (AvgIpc) is 2.90. The van der Waals surface area contributed by atoms with E-state index in [1.165, 1.54) is 0 Å². The van der Waals surface area contributed by atoms with E-state index in [4.69, 9.17) is 17.3 Å². The van der Waals surface area contributed by atoms with Crippen molar-refractivity contribution >= 4 is 40.1 Å². The van der Waals surface area contributed by atoms with E-state index in [-0.39, 0.29) is 16.2 Å². The number of halogens is 4. The van der Waals surface area contributed by atoms with Gasteiger partial charge in [0.1, 0.15) is 5.82 Å². The maximum atomic E-state index is 12.9. The molecule has 0 fully saturated rings. The van der Waals surface area contributed by atoms with Gasteiger partial charge in [-0.1, -0.05) is 30.3 Å². The highest BCUT2D eigenvalue weighted by Crippen LogP contribution is 2.37. The fourth-order valence-corrected chi connectivity index (χ4v) is 4.02. The van der Waals surface area contributed by atoms with Crippen molar-refractivity contribution in [2.75, 3.05) is 5.73 Å². The summed E-state index contributed by atoms with van der Waals surface area (Å²) >= 11 is 7.40. The van der Waals surface area contributed by atoms with Crippen molar-refractivity contribution in [3.8, 4) is 0 Å². The van der Waals surface area contributed by atoms with Gasteiger partial charge in [-0.2, -0.15) is 13.2 Å². The van der Waals surface area contributed by atoms with Crippen molar-refractivity contribution in [2.45, 2.75) is 36.9 Å². The topological polar surface area (TPSA) is 69.6 Å². The Balaban J connectivity index is 1.97. The number of thioether (sulfide) groups is 1. The summed E-state index contributed by atoms with van der Waals surface area (Å²) in [6.45, 7) is 3.85. The summed E-state index contributed by atoms with van der Waals surface area (Å²) in [6.07, 6.45) is -1.77. The van der Waals surface area contributed by atoms with Crippen LogP contribution in [0, 0.1) is 0 Å². The van der Waals surface area contributed by atoms with E-state index >= 15 is 0 Å². The first-order valence-electron chi connectivity index (χ1n) is 8.13. The Bertz CT molecular complexity index is 1000. The number of alkyl halides is 3. The molecule has 0 aliphatic carbocycles. The molecule has 144 valence electrons. The zero-order chi connectivity index (χ0) is 19.9. The minimum absolute atomic E-state index is 0.0587. The number of nitrogens with zero attached hydrogens (tertiary/aromatic N) is 4. The lowest BCUT2D eigenvalue weighted by Gasteiger charge is -2.13. The summed E-state index contributed by atoms with van der Waals surface area (Å²) in [4.78, 5) is 11.9. The van der Waals surface area contributed by atoms with Crippen molar-refractivity contribution in [1.82, 2.24) is 19.5 Å². The standard InChI is InChI=1S/C17H17ClF3N5S/c1-4-9-7-26(3)14-10(9)5-11(23-15(14)18)8(2)27-16-24-12(17(19,20)21)6-13(22)25-16/h5-8H,4H2,1-3H3,(H2,22,24,25). The van der Waals surface area contributed by atoms with Crippen molar-refractivity contribution in [3.05, 3.63) is 40.4 Å². The molecule has 0 saturated carbocycles. The SMILES string of the molecule is CCc1cn(C)c2c(Cl)nc(C(C)Sc3nc(N)cc(C(F)(F)F)n3)cc12. The Morgan fingerprint density at radius 2 is 1.96 bits per heavy atom. The second-order valence-electron chi connectivity index (χ2n) is 6.07. The van der Waals surface area contributed by atoms with E-state index in [9.17, 15) is 13.2 Å². The predicted molar refractivity (Wildman–Crippen MR) is 101 cm³/mol. The van der Waals surface area contributed by atoms with E-state index in [1.54, 1.807) is 0 Å². The third-order valence-electron chi connectivity index (χ3n) is 4.11. The quantitative estimate of drug-likeness (QED) is 0.367. The number of nitrogen functional groups attached to an aromatic ring is 1. The van der Waals surface area contributed by atoms with Gasteiger partial charge in [-0.3, -0.25) is 0 Å². The molecule has 0 bridgehead atoms. The van der Waals surface area contributed by atoms with Crippen LogP contribution in [0.1, 0.15) is 36.0 Å². The van der Waals surface area contributed by atoms with Crippen LogP contribution < -0.4 is 5.73 Å². The highest BCUT2D eigenvalue weighted by Gasteiger charge is 2.33. The molecule has 3 heterocycles. The number of hydrogen-bond donors (Lipinski definition) is 1. The molecule has 0 saturated heterocycles. The number of hydrogen-bond acceptors (Lipinski definition) is 5. The fraction of sp³-hybridized carbons (Fsp3) is 0.353. The van der Waals surface area contributed by atoms with Crippen LogP contribution >= 0.6 is 23.4 Å². The van der Waals surface area contributed by atoms with E-state index in [1.807, 2.05) is 37.7 Å². The van der Waals surface area contributed by atoms with Crippen LogP contribution in [-0.2, 0) is 19.6 Å². The third-order valence-corrected chi connectivity index (χ3v) is 5.37. The first-order chi connectivity index (χ1) is 12.6. The van der Waals surface area contributed by atoms with Crippen LogP contribution in [0.4, 0.5) is 19.0 Å². The van der Waals surface area contributed by atoms with Gasteiger partial charge in [-0.05, 0) is 25.0 Å². The van der Waals surface area contributed by atoms with Gasteiger partial charge < -0.3 is 10.3 Å². The van der Waals surface area contributed by atoms with Crippen molar-refractivity contribution in [2.24, 2.45) is 7.05 Å². The van der Waals surface area contributed by atoms with Crippen LogP contribution in [0.25, 0.3) is 10.9 Å². The molecule has 3 aromatic heterocycles. The van der Waals surface area contributed by atoms with Crippen molar-refractivity contribution < 1.29 is 13.2 Å². The molecule has 0 radical (unpaired) electrons. The Morgan fingerprint density at radius 1 is 1.26 bits per heavy atom. The number of nitrogens with two attached hydrogens (primary N) is 1. The molecule has 1 atom stereocenters. The second kappa shape index (κ2) is 7.20. The summed E-state index contributed by atoms with van der Waals surface area (Å²) < 4.78 is 40.7. The van der Waals surface area contributed by atoms with Crippen LogP contribution in [0.15, 0.2) is 23.5 Å². The lowest BCUT2D eigenvalue weighted by atomic mass is 10.1. The predicted octanol–water partition coefficient (Wildman–Crippen LogP) is 5.03. The van der Waals surface area contributed by atoms with Crippen LogP contribution in [0.5, 0.6) is 0 Å². The molecule has 0 amide bonds. The van der Waals surface area contributed by atoms with Gasteiger partial charge in [-0.15, -0.1) is 0 Å². The number of aryl methyl sites for hydroxylation is 2. The van der Waals surface area contributed by atoms with Gasteiger partial charge in [0.2, 0.25) is 0 Å². The maximum Gasteiger partial charge on any atom is 0.433 e. The molecule has 3 aromatic rings. The number of pyridine rings is 1. The van der Waals surface area contributed by atoms with E-state index in [0.717, 1.165) is 34.6 Å². The molecule has 0 aliphatic heterocycles. The Kier molecular flexibility index (Phi) is 5.27. The molecule has 0 aromatic carbocycles. The van der Waals surface area contributed by atoms with Gasteiger partial charge in [0.05, 0.1) is 16.5 Å². The summed E-state index contributed by atoms with van der Waals surface area (Å²) in [7, 11) is 1.89. The van der Waals surface area contributed by atoms with Gasteiger partial charge in [0, 0.05) is 24.7 Å². The van der Waals surface area contributed by atoms with Crippen molar-refractivity contribution in [3.63, 3.8) is 0 Å². The zero-order valence-corrected chi connectivity index (χ0v) is 16.4. The zero-order valence-electron chi connectivity index (χ0n) is 14.8. The smallest absolute Gasteiger partial charge is 0.384 e. The largest absolute Gasteiger partial charge is 0.433 e. The monoisotopic (exact) mass is 415 g/mol. The highest BCUT2D eigenvalue weighted by atomic mass is 35.5. The number of rotatable bonds is 4. The van der Waals surface area contributed by atoms with Crippen LogP contribution in [0.3, 0.4) is 0 Å². The molecule has 1 unspecified atom stereocenters. The Labute approximate surface area is 163 Å². The molecular formula is C17H17ClF3N5S. The third kappa shape index (κ3) is 3.98. The Hall–Kier alpha value is -2.00. The molecule has 3 rings (SSSR count). The molecule has 5 nitrogen and oxygen atoms in total. The maximum absolute atomic E-state index is 12.9. The highest BCUT2D eigenvalue weighted by molar-refractivity contribution is 7.99. The van der Waals surface area contributed by atoms with E-state index in [0.29, 0.717) is 16.9 Å². The fourth-order valence-electron chi connectivity index (χ4n) is 2.82. The van der Waals surface area contributed by atoms with Gasteiger partial charge in [0.25, 0.3) is 0 Å². The van der Waals surface area contributed by atoms with Crippen molar-refractivity contribution in [1.29, 1.82) is 0 Å².